The average Bonchev–Trinajstić information content (AvgIpc) is 2.59. The van der Waals surface area contributed by atoms with Gasteiger partial charge in [0, 0.05) is 17.7 Å². The van der Waals surface area contributed by atoms with Gasteiger partial charge >= 0.3 is 5.97 Å². The van der Waals surface area contributed by atoms with Crippen molar-refractivity contribution in [1.29, 1.82) is 0 Å². The molecule has 0 amide bonds. The Hall–Kier alpha value is -2.89. The van der Waals surface area contributed by atoms with E-state index in [4.69, 9.17) is 15.3 Å². The summed E-state index contributed by atoms with van der Waals surface area (Å²) in [5.74, 6) is 0.101. The minimum atomic E-state index is -0.620. The van der Waals surface area contributed by atoms with Crippen LogP contribution in [-0.2, 0) is 16.1 Å². The summed E-state index contributed by atoms with van der Waals surface area (Å²) in [5, 5.41) is 3.58. The number of oxime groups is 1. The van der Waals surface area contributed by atoms with E-state index in [1.54, 1.807) is 24.5 Å². The molecular weight excluding hydrogens is 282 g/mol. The van der Waals surface area contributed by atoms with Gasteiger partial charge in [0.15, 0.2) is 24.8 Å². The number of rotatable bonds is 6. The summed E-state index contributed by atoms with van der Waals surface area (Å²) >= 11 is 0. The van der Waals surface area contributed by atoms with E-state index in [-0.39, 0.29) is 12.4 Å². The molecule has 1 aromatic heterocycles. The molecule has 0 unspecified atom stereocenters. The zero-order valence-electron chi connectivity index (χ0n) is 12.3. The van der Waals surface area contributed by atoms with E-state index in [2.05, 4.69) is 17.1 Å². The molecule has 22 heavy (non-hydrogen) atoms. The van der Waals surface area contributed by atoms with Crippen LogP contribution in [0.5, 0.6) is 5.75 Å². The fraction of sp³-hybridized carbons (Fsp3) is 0.188. The number of hydrogen-bond donors (Lipinski definition) is 1. The quantitative estimate of drug-likeness (QED) is 0.377. The fourth-order valence-electron chi connectivity index (χ4n) is 1.70. The van der Waals surface area contributed by atoms with Crippen LogP contribution in [0.1, 0.15) is 18.1 Å². The molecule has 0 spiro atoms. The Kier molecular flexibility index (Phi) is 5.48. The number of aromatic nitrogens is 1. The summed E-state index contributed by atoms with van der Waals surface area (Å²) in [7, 11) is 0. The summed E-state index contributed by atoms with van der Waals surface area (Å²) in [5.41, 5.74) is 7.56. The highest BCUT2D eigenvalue weighted by Gasteiger charge is 2.06. The number of ether oxygens (including phenoxy) is 1. The van der Waals surface area contributed by atoms with Gasteiger partial charge in [0.2, 0.25) is 0 Å². The van der Waals surface area contributed by atoms with E-state index in [9.17, 15) is 4.79 Å². The number of benzene rings is 1. The van der Waals surface area contributed by atoms with Crippen molar-refractivity contribution in [1.82, 2.24) is 0 Å². The second kappa shape index (κ2) is 7.78. The van der Waals surface area contributed by atoms with Crippen LogP contribution in [-0.4, -0.2) is 18.4 Å². The molecule has 0 aliphatic rings. The lowest BCUT2D eigenvalue weighted by molar-refractivity contribution is -0.378. The van der Waals surface area contributed by atoms with Crippen LogP contribution < -0.4 is 15.5 Å². The van der Waals surface area contributed by atoms with Crippen LogP contribution in [0.4, 0.5) is 0 Å². The Morgan fingerprint density at radius 2 is 1.86 bits per heavy atom. The van der Waals surface area contributed by atoms with Gasteiger partial charge in [-0.1, -0.05) is 24.2 Å². The maximum Gasteiger partial charge on any atom is 0.372 e. The van der Waals surface area contributed by atoms with Gasteiger partial charge in [-0.25, -0.2) is 9.78 Å². The van der Waals surface area contributed by atoms with Crippen molar-refractivity contribution in [3.63, 3.8) is 0 Å². The van der Waals surface area contributed by atoms with Gasteiger partial charge < -0.3 is 15.3 Å². The third-order valence-electron chi connectivity index (χ3n) is 2.95. The molecule has 2 rings (SSSR count). The van der Waals surface area contributed by atoms with Gasteiger partial charge in [-0.2, -0.15) is 0 Å². The molecule has 0 radical (unpaired) electrons. The fourth-order valence-corrected chi connectivity index (χ4v) is 1.70. The van der Waals surface area contributed by atoms with Crippen LogP contribution in [0.3, 0.4) is 0 Å². The van der Waals surface area contributed by atoms with Gasteiger partial charge in [0.1, 0.15) is 5.75 Å². The smallest absolute Gasteiger partial charge is 0.372 e. The summed E-state index contributed by atoms with van der Waals surface area (Å²) in [4.78, 5) is 19.1. The minimum Gasteiger partial charge on any atom is -0.482 e. The first kappa shape index (κ1) is 15.5. The molecule has 6 nitrogen and oxygen atoms in total. The first-order valence-electron chi connectivity index (χ1n) is 6.90. The third-order valence-corrected chi connectivity index (χ3v) is 2.95. The third kappa shape index (κ3) is 4.59. The average molecular weight is 300 g/mol. The van der Waals surface area contributed by atoms with E-state index in [0.717, 1.165) is 6.42 Å². The number of pyridine rings is 1. The molecule has 0 fully saturated rings. The van der Waals surface area contributed by atoms with Crippen LogP contribution in [0.25, 0.3) is 0 Å². The predicted molar refractivity (Wildman–Crippen MR) is 81.1 cm³/mol. The monoisotopic (exact) mass is 300 g/mol. The summed E-state index contributed by atoms with van der Waals surface area (Å²) in [6.07, 6.45) is 4.35. The number of aryl methyl sites for hydroxylation is 1. The Morgan fingerprint density at radius 1 is 1.18 bits per heavy atom. The van der Waals surface area contributed by atoms with E-state index in [1.165, 1.54) is 5.56 Å². The van der Waals surface area contributed by atoms with Gasteiger partial charge in [0.05, 0.1) is 0 Å². The van der Waals surface area contributed by atoms with Crippen molar-refractivity contribution in [2.45, 2.75) is 13.3 Å². The molecule has 0 bridgehead atoms. The van der Waals surface area contributed by atoms with Crippen molar-refractivity contribution in [3.05, 3.63) is 59.9 Å². The summed E-state index contributed by atoms with van der Waals surface area (Å²) < 4.78 is 5.32. The second-order valence-electron chi connectivity index (χ2n) is 4.51. The molecule has 3 N–H and O–H groups in total. The lowest BCUT2D eigenvalue weighted by Gasteiger charge is -2.05. The van der Waals surface area contributed by atoms with E-state index in [0.29, 0.717) is 11.3 Å². The van der Waals surface area contributed by atoms with E-state index >= 15 is 0 Å². The number of aromatic amines is 1. The molecule has 1 heterocycles. The lowest BCUT2D eigenvalue weighted by atomic mass is 10.2. The normalized spacial score (nSPS) is 11.0. The highest BCUT2D eigenvalue weighted by atomic mass is 16.7. The molecule has 114 valence electrons. The Bertz CT molecular complexity index is 639. The maximum atomic E-state index is 11.6. The number of nitrogens with two attached hydrogens (primary N) is 1. The number of amidine groups is 1. The number of nitrogens with one attached hydrogen (secondary N) is 1. The molecule has 2 aromatic rings. The van der Waals surface area contributed by atoms with Crippen LogP contribution in [0, 0.1) is 0 Å². The molecule has 0 saturated carbocycles. The highest BCUT2D eigenvalue weighted by molar-refractivity contribution is 5.97. The minimum absolute atomic E-state index is 0.120. The molecule has 6 heteroatoms. The lowest BCUT2D eigenvalue weighted by Crippen LogP contribution is -2.18. The number of nitrogens with zero attached hydrogens (tertiary/aromatic N) is 1. The van der Waals surface area contributed by atoms with E-state index in [1.807, 2.05) is 24.3 Å². The maximum absolute atomic E-state index is 11.6. The van der Waals surface area contributed by atoms with Gasteiger partial charge in [0.25, 0.3) is 0 Å². The van der Waals surface area contributed by atoms with Crippen molar-refractivity contribution < 1.29 is 19.4 Å². The van der Waals surface area contributed by atoms with Gasteiger partial charge in [-0.15, -0.1) is 0 Å². The second-order valence-corrected chi connectivity index (χ2v) is 4.51. The topological polar surface area (TPSA) is 88.0 Å². The van der Waals surface area contributed by atoms with E-state index < -0.39 is 5.97 Å². The number of hydrogen-bond acceptors (Lipinski definition) is 4. The van der Waals surface area contributed by atoms with Crippen molar-refractivity contribution in [2.24, 2.45) is 10.9 Å². The molecule has 1 aromatic carbocycles. The molecule has 0 aliphatic heterocycles. The van der Waals surface area contributed by atoms with Crippen molar-refractivity contribution in [3.8, 4) is 5.75 Å². The Balaban J connectivity index is 1.82. The highest BCUT2D eigenvalue weighted by Crippen LogP contribution is 2.12. The first-order valence-corrected chi connectivity index (χ1v) is 6.90. The van der Waals surface area contributed by atoms with Crippen LogP contribution in [0.2, 0.25) is 0 Å². The number of carbonyl (C=O) groups excluding carboxylic acids is 1. The predicted octanol–water partition coefficient (Wildman–Crippen LogP) is 1.31. The molecule has 0 aliphatic carbocycles. The molecule has 0 atom stereocenters. The zero-order chi connectivity index (χ0) is 15.8. The number of carbonyl (C=O) groups is 1. The number of H-pyrrole nitrogens is 1. The zero-order valence-corrected chi connectivity index (χ0v) is 12.3. The summed E-state index contributed by atoms with van der Waals surface area (Å²) in [6.45, 7) is 1.84. The Labute approximate surface area is 128 Å². The molecule has 0 saturated heterocycles. The standard InChI is InChI=1S/C16H17N3O3/c1-2-12-3-5-14(6-4-12)21-11-15(20)22-19-16(17)13-7-9-18-10-8-13/h3-10H,2,11H2,1H3,(H2,17,19)/p+1. The van der Waals surface area contributed by atoms with Gasteiger partial charge in [-0.3, -0.25) is 0 Å². The van der Waals surface area contributed by atoms with Crippen LogP contribution >= 0.6 is 0 Å². The largest absolute Gasteiger partial charge is 0.482 e. The summed E-state index contributed by atoms with van der Waals surface area (Å²) in [6, 6.07) is 11.0. The molecular formula is C16H18N3O3+. The van der Waals surface area contributed by atoms with Gasteiger partial charge in [-0.05, 0) is 24.1 Å². The van der Waals surface area contributed by atoms with Crippen molar-refractivity contribution in [2.75, 3.05) is 6.61 Å². The SMILES string of the molecule is CCc1ccc(OCC(=O)ON=C(N)c2cc[nH+]cc2)cc1. The Morgan fingerprint density at radius 3 is 2.50 bits per heavy atom. The van der Waals surface area contributed by atoms with Crippen molar-refractivity contribution >= 4 is 11.8 Å². The van der Waals surface area contributed by atoms with Crippen LogP contribution in [0.15, 0.2) is 53.9 Å². The first-order chi connectivity index (χ1) is 10.7.